The number of rotatable bonds is 3. The highest BCUT2D eigenvalue weighted by Gasteiger charge is 2.19. The smallest absolute Gasteiger partial charge is 0.237 e. The molecule has 0 fully saturated rings. The van der Waals surface area contributed by atoms with Crippen molar-refractivity contribution in [1.29, 1.82) is 0 Å². The molecule has 3 heteroatoms. The Morgan fingerprint density at radius 3 is 2.15 bits per heavy atom. The normalized spacial score (nSPS) is 14.4. The number of nitrogens with two attached hydrogens (primary N) is 1. The van der Waals surface area contributed by atoms with Crippen LogP contribution in [-0.4, -0.2) is 18.5 Å². The lowest BCUT2D eigenvalue weighted by Gasteiger charge is -2.21. The Balaban J connectivity index is 3.89. The number of nitrogens with one attached hydrogen (secondary N) is 1. The maximum atomic E-state index is 11.4. The summed E-state index contributed by atoms with van der Waals surface area (Å²) in [7, 11) is 0. The van der Waals surface area contributed by atoms with Gasteiger partial charge in [-0.2, -0.15) is 0 Å². The second kappa shape index (κ2) is 4.61. The molecule has 0 aliphatic rings. The van der Waals surface area contributed by atoms with E-state index in [0.29, 0.717) is 6.54 Å². The molecule has 0 aromatic carbocycles. The van der Waals surface area contributed by atoms with Crippen LogP contribution in [0.3, 0.4) is 0 Å². The van der Waals surface area contributed by atoms with E-state index in [-0.39, 0.29) is 23.3 Å². The van der Waals surface area contributed by atoms with Gasteiger partial charge in [0.25, 0.3) is 0 Å². The van der Waals surface area contributed by atoms with Gasteiger partial charge in [0.15, 0.2) is 0 Å². The SMILES string of the molecule is CC(C)[C@H](N)C(=O)NCC(C)(C)C. The fourth-order valence-electron chi connectivity index (χ4n) is 0.773. The van der Waals surface area contributed by atoms with Crippen molar-refractivity contribution in [3.05, 3.63) is 0 Å². The molecule has 1 atom stereocenters. The van der Waals surface area contributed by atoms with E-state index in [1.165, 1.54) is 0 Å². The maximum absolute atomic E-state index is 11.4. The van der Waals surface area contributed by atoms with Crippen molar-refractivity contribution in [2.45, 2.75) is 40.7 Å². The summed E-state index contributed by atoms with van der Waals surface area (Å²) in [6.45, 7) is 10.8. The molecule has 0 saturated heterocycles. The van der Waals surface area contributed by atoms with E-state index in [0.717, 1.165) is 0 Å². The minimum Gasteiger partial charge on any atom is -0.354 e. The van der Waals surface area contributed by atoms with E-state index in [4.69, 9.17) is 5.73 Å². The number of carbonyl (C=O) groups excluding carboxylic acids is 1. The summed E-state index contributed by atoms with van der Waals surface area (Å²) in [6, 6.07) is -0.387. The fraction of sp³-hybridized carbons (Fsp3) is 0.900. The van der Waals surface area contributed by atoms with Crippen molar-refractivity contribution in [2.24, 2.45) is 17.1 Å². The van der Waals surface area contributed by atoms with E-state index in [9.17, 15) is 4.79 Å². The maximum Gasteiger partial charge on any atom is 0.237 e. The molecule has 0 heterocycles. The first-order valence-corrected chi connectivity index (χ1v) is 4.77. The average molecular weight is 186 g/mol. The Morgan fingerprint density at radius 1 is 1.38 bits per heavy atom. The summed E-state index contributed by atoms with van der Waals surface area (Å²) in [6.07, 6.45) is 0. The van der Waals surface area contributed by atoms with Gasteiger partial charge in [0.1, 0.15) is 0 Å². The van der Waals surface area contributed by atoms with E-state index in [1.807, 2.05) is 13.8 Å². The largest absolute Gasteiger partial charge is 0.354 e. The molecule has 0 saturated carbocycles. The molecule has 0 aromatic heterocycles. The minimum absolute atomic E-state index is 0.0510. The zero-order chi connectivity index (χ0) is 10.6. The van der Waals surface area contributed by atoms with Crippen molar-refractivity contribution in [2.75, 3.05) is 6.54 Å². The molecule has 0 rings (SSSR count). The number of carbonyl (C=O) groups is 1. The standard InChI is InChI=1S/C10H22N2O/c1-7(2)8(11)9(13)12-6-10(3,4)5/h7-8H,6,11H2,1-5H3,(H,12,13)/t8-/m0/s1. The molecule has 13 heavy (non-hydrogen) atoms. The van der Waals surface area contributed by atoms with Gasteiger partial charge < -0.3 is 11.1 Å². The monoisotopic (exact) mass is 186 g/mol. The minimum atomic E-state index is -0.387. The summed E-state index contributed by atoms with van der Waals surface area (Å²) in [4.78, 5) is 11.4. The Labute approximate surface area is 81.1 Å². The Hall–Kier alpha value is -0.570. The molecule has 3 N–H and O–H groups in total. The van der Waals surface area contributed by atoms with Gasteiger partial charge in [0, 0.05) is 6.54 Å². The molecular weight excluding hydrogens is 164 g/mol. The van der Waals surface area contributed by atoms with Crippen LogP contribution in [0.15, 0.2) is 0 Å². The molecule has 0 aromatic rings. The van der Waals surface area contributed by atoms with Gasteiger partial charge >= 0.3 is 0 Å². The highest BCUT2D eigenvalue weighted by Crippen LogP contribution is 2.10. The van der Waals surface area contributed by atoms with Crippen LogP contribution in [0.2, 0.25) is 0 Å². The van der Waals surface area contributed by atoms with Gasteiger partial charge in [-0.25, -0.2) is 0 Å². The highest BCUT2D eigenvalue weighted by molar-refractivity contribution is 5.81. The lowest BCUT2D eigenvalue weighted by atomic mass is 9.96. The van der Waals surface area contributed by atoms with Crippen molar-refractivity contribution in [1.82, 2.24) is 5.32 Å². The number of hydrogen-bond donors (Lipinski definition) is 2. The van der Waals surface area contributed by atoms with E-state index in [1.54, 1.807) is 0 Å². The van der Waals surface area contributed by atoms with E-state index in [2.05, 4.69) is 26.1 Å². The molecular formula is C10H22N2O. The predicted octanol–water partition coefficient (Wildman–Crippen LogP) is 1.13. The van der Waals surface area contributed by atoms with Crippen molar-refractivity contribution in [3.63, 3.8) is 0 Å². The Morgan fingerprint density at radius 2 is 1.85 bits per heavy atom. The van der Waals surface area contributed by atoms with Gasteiger partial charge in [-0.1, -0.05) is 34.6 Å². The fourth-order valence-corrected chi connectivity index (χ4v) is 0.773. The van der Waals surface area contributed by atoms with Gasteiger partial charge in [0.05, 0.1) is 6.04 Å². The topological polar surface area (TPSA) is 55.1 Å². The molecule has 0 bridgehead atoms. The molecule has 0 radical (unpaired) electrons. The van der Waals surface area contributed by atoms with Crippen LogP contribution >= 0.6 is 0 Å². The first-order chi connectivity index (χ1) is 5.74. The van der Waals surface area contributed by atoms with Crippen LogP contribution in [-0.2, 0) is 4.79 Å². The molecule has 0 unspecified atom stereocenters. The average Bonchev–Trinajstić information content (AvgIpc) is 1.97. The van der Waals surface area contributed by atoms with Crippen molar-refractivity contribution < 1.29 is 4.79 Å². The summed E-state index contributed by atoms with van der Waals surface area (Å²) in [5.41, 5.74) is 5.79. The highest BCUT2D eigenvalue weighted by atomic mass is 16.2. The van der Waals surface area contributed by atoms with Gasteiger partial charge in [-0.05, 0) is 11.3 Å². The Bertz CT molecular complexity index is 170. The van der Waals surface area contributed by atoms with Crippen LogP contribution in [0.25, 0.3) is 0 Å². The zero-order valence-electron chi connectivity index (χ0n) is 9.35. The summed E-state index contributed by atoms with van der Waals surface area (Å²) in [5, 5.41) is 2.84. The third-order valence-corrected chi connectivity index (χ3v) is 1.81. The molecule has 1 amide bonds. The predicted molar refractivity (Wildman–Crippen MR) is 55.3 cm³/mol. The summed E-state index contributed by atoms with van der Waals surface area (Å²) in [5.74, 6) is 0.143. The Kier molecular flexibility index (Phi) is 4.40. The summed E-state index contributed by atoms with van der Waals surface area (Å²) < 4.78 is 0. The molecule has 78 valence electrons. The molecule has 0 aliphatic carbocycles. The third kappa shape index (κ3) is 5.64. The van der Waals surface area contributed by atoms with Gasteiger partial charge in [-0.3, -0.25) is 4.79 Å². The van der Waals surface area contributed by atoms with Crippen LogP contribution in [0.1, 0.15) is 34.6 Å². The van der Waals surface area contributed by atoms with Crippen LogP contribution in [0, 0.1) is 11.3 Å². The summed E-state index contributed by atoms with van der Waals surface area (Å²) >= 11 is 0. The first kappa shape index (κ1) is 12.4. The van der Waals surface area contributed by atoms with Gasteiger partial charge in [-0.15, -0.1) is 0 Å². The number of hydrogen-bond acceptors (Lipinski definition) is 2. The van der Waals surface area contributed by atoms with Crippen LogP contribution < -0.4 is 11.1 Å². The van der Waals surface area contributed by atoms with Gasteiger partial charge in [0.2, 0.25) is 5.91 Å². The molecule has 3 nitrogen and oxygen atoms in total. The first-order valence-electron chi connectivity index (χ1n) is 4.77. The number of amides is 1. The lowest BCUT2D eigenvalue weighted by Crippen LogP contribution is -2.46. The lowest BCUT2D eigenvalue weighted by molar-refractivity contribution is -0.123. The van der Waals surface area contributed by atoms with E-state index < -0.39 is 0 Å². The van der Waals surface area contributed by atoms with Crippen molar-refractivity contribution in [3.8, 4) is 0 Å². The van der Waals surface area contributed by atoms with E-state index >= 15 is 0 Å². The second-order valence-electron chi connectivity index (χ2n) is 5.05. The third-order valence-electron chi connectivity index (χ3n) is 1.81. The second-order valence-corrected chi connectivity index (χ2v) is 5.05. The quantitative estimate of drug-likeness (QED) is 0.694. The van der Waals surface area contributed by atoms with Crippen LogP contribution in [0.4, 0.5) is 0 Å². The van der Waals surface area contributed by atoms with Crippen LogP contribution in [0.5, 0.6) is 0 Å². The molecule has 0 aliphatic heterocycles. The molecule has 0 spiro atoms. The van der Waals surface area contributed by atoms with Crippen molar-refractivity contribution >= 4 is 5.91 Å². The zero-order valence-corrected chi connectivity index (χ0v) is 9.35.